The third kappa shape index (κ3) is 17.4. The number of rotatable bonds is 30. The summed E-state index contributed by atoms with van der Waals surface area (Å²) in [6.45, 7) is 12.1. The first-order chi connectivity index (χ1) is 38.1. The van der Waals surface area contributed by atoms with Gasteiger partial charge < -0.3 is 74.0 Å². The van der Waals surface area contributed by atoms with Crippen LogP contribution in [0.1, 0.15) is 103 Å². The molecule has 80 heavy (non-hydrogen) atoms. The molecule has 4 heterocycles. The summed E-state index contributed by atoms with van der Waals surface area (Å²) in [5.74, 6) is -6.91. The number of carbonyl (C=O) groups excluding carboxylic acids is 8. The number of hydrogen-bond acceptors (Lipinski definition) is 13. The van der Waals surface area contributed by atoms with Gasteiger partial charge in [0.25, 0.3) is 0 Å². The topological polar surface area (TPSA) is 365 Å². The number of H-pyrrole nitrogens is 2. The zero-order valence-electron chi connectivity index (χ0n) is 46.4. The van der Waals surface area contributed by atoms with E-state index >= 15 is 0 Å². The van der Waals surface area contributed by atoms with Crippen molar-refractivity contribution in [3.8, 4) is 0 Å². The number of amides is 8. The van der Waals surface area contributed by atoms with Crippen LogP contribution in [0.5, 0.6) is 0 Å². The molecule has 2 aromatic heterocycles. The Morgan fingerprint density at radius 3 is 2.10 bits per heavy atom. The maximum atomic E-state index is 14.3. The van der Waals surface area contributed by atoms with Crippen molar-refractivity contribution in [3.05, 3.63) is 96.0 Å². The summed E-state index contributed by atoms with van der Waals surface area (Å²) in [7, 11) is 0. The van der Waals surface area contributed by atoms with Crippen LogP contribution in [-0.2, 0) is 56.0 Å². The molecule has 8 amide bonds. The van der Waals surface area contributed by atoms with Gasteiger partial charge in [0.15, 0.2) is 0 Å². The lowest BCUT2D eigenvalue weighted by Crippen LogP contribution is -2.59. The normalized spacial score (nSPS) is 17.1. The van der Waals surface area contributed by atoms with Crippen LogP contribution >= 0.6 is 0 Å². The predicted molar refractivity (Wildman–Crippen MR) is 299 cm³/mol. The van der Waals surface area contributed by atoms with E-state index in [1.165, 1.54) is 19.4 Å². The number of anilines is 1. The number of imidazole rings is 1. The first-order valence-corrected chi connectivity index (χ1v) is 27.2. The fraction of sp³-hybridized carbons (Fsp3) is 0.500. The minimum absolute atomic E-state index is 0.0109. The molecule has 2 aliphatic heterocycles. The second kappa shape index (κ2) is 28.6. The van der Waals surface area contributed by atoms with Gasteiger partial charge in [-0.05, 0) is 73.6 Å². The van der Waals surface area contributed by atoms with Crippen molar-refractivity contribution in [2.24, 2.45) is 23.5 Å². The molecule has 0 saturated carbocycles. The number of aliphatic carboxylic acids is 1. The number of aromatic nitrogens is 3. The Morgan fingerprint density at radius 2 is 1.41 bits per heavy atom. The lowest BCUT2D eigenvalue weighted by atomic mass is 9.89. The number of aromatic amines is 2. The third-order valence-electron chi connectivity index (χ3n) is 14.0. The number of primary amides is 1. The lowest BCUT2D eigenvalue weighted by Gasteiger charge is -2.29. The minimum atomic E-state index is -1.33. The fourth-order valence-corrected chi connectivity index (χ4v) is 9.85. The van der Waals surface area contributed by atoms with Crippen molar-refractivity contribution >= 4 is 69.8 Å². The van der Waals surface area contributed by atoms with Crippen molar-refractivity contribution in [1.29, 1.82) is 0 Å². The smallest absolute Gasteiger partial charge is 0.320 e. The fourth-order valence-electron chi connectivity index (χ4n) is 9.85. The Hall–Kier alpha value is -8.28. The summed E-state index contributed by atoms with van der Waals surface area (Å²) in [6, 6.07) is 6.79. The summed E-state index contributed by atoms with van der Waals surface area (Å²) < 4.78 is 0. The molecule has 9 atom stereocenters. The highest BCUT2D eigenvalue weighted by Crippen LogP contribution is 2.42. The number of nitrogens with two attached hydrogens (primary N) is 1. The second-order valence-corrected chi connectivity index (χ2v) is 21.9. The number of benzene rings is 2. The van der Waals surface area contributed by atoms with Gasteiger partial charge in [-0.25, -0.2) is 4.98 Å². The van der Waals surface area contributed by atoms with Crippen molar-refractivity contribution in [1.82, 2.24) is 62.8 Å². The molecule has 2 aliphatic rings. The Bertz CT molecular complexity index is 2870. The number of carbonyl (C=O) groups is 9. The molecule has 24 heteroatoms. The van der Waals surface area contributed by atoms with Crippen LogP contribution in [0, 0.1) is 17.8 Å². The average molecular weight is 1110 g/mol. The number of nitrogens with zero attached hydrogens (tertiary/aromatic N) is 1. The number of hydrogen-bond donors (Lipinski definition) is 14. The summed E-state index contributed by atoms with van der Waals surface area (Å²) in [5, 5.41) is 39.1. The van der Waals surface area contributed by atoms with Gasteiger partial charge in [-0.15, -0.1) is 0 Å². The molecule has 0 aliphatic carbocycles. The summed E-state index contributed by atoms with van der Waals surface area (Å²) in [5.41, 5.74) is 10.3. The zero-order chi connectivity index (χ0) is 58.2. The molecule has 2 aromatic carbocycles. The molecule has 0 saturated heterocycles. The zero-order valence-corrected chi connectivity index (χ0v) is 46.4. The van der Waals surface area contributed by atoms with E-state index in [4.69, 9.17) is 5.73 Å². The number of carboxylic acid groups (broad SMARTS) is 1. The Kier molecular flexibility index (Phi) is 21.8. The van der Waals surface area contributed by atoms with E-state index in [1.807, 2.05) is 76.2 Å². The summed E-state index contributed by atoms with van der Waals surface area (Å²) in [4.78, 5) is 132. The van der Waals surface area contributed by atoms with Crippen LogP contribution < -0.4 is 58.9 Å². The molecule has 4 aromatic rings. The first kappa shape index (κ1) is 60.9. The van der Waals surface area contributed by atoms with E-state index in [1.54, 1.807) is 26.2 Å². The van der Waals surface area contributed by atoms with Crippen LogP contribution in [-0.4, -0.2) is 135 Å². The maximum absolute atomic E-state index is 14.3. The molecule has 432 valence electrons. The van der Waals surface area contributed by atoms with E-state index < -0.39 is 114 Å². The quantitative estimate of drug-likeness (QED) is 0.0349. The maximum Gasteiger partial charge on any atom is 0.320 e. The number of allylic oxidation sites excluding steroid dienone is 1. The van der Waals surface area contributed by atoms with Crippen LogP contribution in [0.2, 0.25) is 0 Å². The highest BCUT2D eigenvalue weighted by molar-refractivity contribution is 5.97. The van der Waals surface area contributed by atoms with E-state index in [9.17, 15) is 48.3 Å². The molecule has 0 bridgehead atoms. The lowest BCUT2D eigenvalue weighted by molar-refractivity contribution is -0.140. The summed E-state index contributed by atoms with van der Waals surface area (Å²) >= 11 is 0. The molecule has 24 nitrogen and oxygen atoms in total. The van der Waals surface area contributed by atoms with E-state index in [0.29, 0.717) is 30.5 Å². The number of para-hydroxylation sites is 2. The van der Waals surface area contributed by atoms with Crippen molar-refractivity contribution in [3.63, 3.8) is 0 Å². The van der Waals surface area contributed by atoms with E-state index in [0.717, 1.165) is 27.9 Å². The van der Waals surface area contributed by atoms with Gasteiger partial charge in [0.05, 0.1) is 12.9 Å². The molecular formula is C56H78N14O10. The highest BCUT2D eigenvalue weighted by atomic mass is 16.4. The molecule has 15 N–H and O–H groups in total. The van der Waals surface area contributed by atoms with Gasteiger partial charge in [0.1, 0.15) is 42.3 Å². The standard InChI is InChI=1S/C56H78N14O10/c1-29(2)18-35(25-60-45(56(79)80)19-30(3)4)65-54(77)44(21-34-24-58-28-63-34)67-48(72)27-62-55(78)49(31(5)6)70-50(73)32(7)64-53(76)43(20-33-23-59-39-14-10-8-12-36(33)39)69-51(74)41(16-17-47(57)71)68-52(75)42-22-38-37-13-9-11-15-40(37)66-46(38)26-61-42/h8-15,23-24,26,28-32,35,38,41-45,49,59-61,66H,16-22,25,27H2,1-7H3,(H2,57,71)(H,58,63)(H,62,78)(H,64,76)(H,65,77)(H,67,72)(H,68,75)(H,69,74)(H,70,73)(H,79,80)/t32-,35-,38?,41-,42?,43-,44-,45+,49-/m0/s1. The van der Waals surface area contributed by atoms with Gasteiger partial charge in [0.2, 0.25) is 47.3 Å². The Balaban J connectivity index is 1.09. The van der Waals surface area contributed by atoms with Crippen LogP contribution in [0.25, 0.3) is 10.9 Å². The minimum Gasteiger partial charge on any atom is -0.480 e. The van der Waals surface area contributed by atoms with E-state index in [2.05, 4.69) is 68.1 Å². The second-order valence-electron chi connectivity index (χ2n) is 21.9. The predicted octanol–water partition coefficient (Wildman–Crippen LogP) is 1.19. The van der Waals surface area contributed by atoms with Crippen molar-refractivity contribution in [2.75, 3.05) is 18.4 Å². The number of nitrogens with one attached hydrogen (secondary N) is 12. The van der Waals surface area contributed by atoms with Gasteiger partial charge in [-0.2, -0.15) is 0 Å². The van der Waals surface area contributed by atoms with Gasteiger partial charge in [-0.1, -0.05) is 77.9 Å². The van der Waals surface area contributed by atoms with Gasteiger partial charge in [-0.3, -0.25) is 43.2 Å². The number of carboxylic acids is 1. The first-order valence-electron chi connectivity index (χ1n) is 27.2. The SMILES string of the molecule is CC(C)C[C@@H](CN[C@H](CC(C)C)C(=O)O)NC(=O)[C@H](Cc1cnc[nH]1)NC(=O)CNC(=O)[C@@H](NC(=O)[C@H](C)NC(=O)[C@H](Cc1c[nH]c2ccccc12)NC(=O)[C@H](CCC(N)=O)NC(=O)C1CC2C(=CN1)Nc1ccccc12)C(C)C. The number of fused-ring (bicyclic) bond motifs is 4. The molecule has 0 fully saturated rings. The van der Waals surface area contributed by atoms with Crippen LogP contribution in [0.15, 0.2) is 79.1 Å². The Labute approximate surface area is 464 Å². The molecule has 0 spiro atoms. The molecule has 2 unspecified atom stereocenters. The highest BCUT2D eigenvalue weighted by Gasteiger charge is 2.37. The van der Waals surface area contributed by atoms with Crippen molar-refractivity contribution in [2.45, 2.75) is 148 Å². The van der Waals surface area contributed by atoms with Crippen LogP contribution in [0.3, 0.4) is 0 Å². The largest absolute Gasteiger partial charge is 0.480 e. The van der Waals surface area contributed by atoms with Crippen molar-refractivity contribution < 1.29 is 48.3 Å². The average Bonchev–Trinajstić information content (AvgIpc) is 4.26. The molecule has 0 radical (unpaired) electrons. The Morgan fingerprint density at radius 1 is 0.725 bits per heavy atom. The monoisotopic (exact) mass is 1110 g/mol. The van der Waals surface area contributed by atoms with Gasteiger partial charge in [0, 0.05) is 84.3 Å². The van der Waals surface area contributed by atoms with Gasteiger partial charge >= 0.3 is 5.97 Å². The van der Waals surface area contributed by atoms with E-state index in [-0.39, 0.29) is 50.0 Å². The summed E-state index contributed by atoms with van der Waals surface area (Å²) in [6.07, 6.45) is 7.14. The van der Waals surface area contributed by atoms with Crippen LogP contribution in [0.4, 0.5) is 5.69 Å². The molecular weight excluding hydrogens is 1030 g/mol. The third-order valence-corrected chi connectivity index (χ3v) is 14.0. The molecule has 6 rings (SSSR count).